The molecule has 14 heavy (non-hydrogen) atoms. The van der Waals surface area contributed by atoms with Gasteiger partial charge in [0, 0.05) is 18.3 Å². The van der Waals surface area contributed by atoms with Crippen LogP contribution in [0, 0.1) is 5.92 Å². The largest absolute Gasteiger partial charge is 0.354 e. The van der Waals surface area contributed by atoms with Gasteiger partial charge in [0.1, 0.15) is 0 Å². The van der Waals surface area contributed by atoms with Gasteiger partial charge in [-0.1, -0.05) is 13.8 Å². The third-order valence-electron chi connectivity index (χ3n) is 2.02. The van der Waals surface area contributed by atoms with Crippen LogP contribution in [0.15, 0.2) is 0 Å². The zero-order valence-corrected chi connectivity index (χ0v) is 10.2. The van der Waals surface area contributed by atoms with Crippen molar-refractivity contribution in [3.05, 3.63) is 0 Å². The highest BCUT2D eigenvalue weighted by Gasteiger charge is 2.08. The normalized spacial score (nSPS) is 12.9. The molecule has 1 amide bonds. The van der Waals surface area contributed by atoms with Crippen molar-refractivity contribution in [1.82, 2.24) is 5.32 Å². The lowest BCUT2D eigenvalue weighted by Gasteiger charge is -2.15. The summed E-state index contributed by atoms with van der Waals surface area (Å²) in [7, 11) is 0. The van der Waals surface area contributed by atoms with Crippen LogP contribution in [0.1, 0.15) is 46.5 Å². The molecule has 0 saturated heterocycles. The highest BCUT2D eigenvalue weighted by atomic mass is 35.5. The first-order valence-electron chi connectivity index (χ1n) is 5.41. The van der Waals surface area contributed by atoms with Crippen LogP contribution in [0.3, 0.4) is 0 Å². The van der Waals surface area contributed by atoms with Gasteiger partial charge in [-0.2, -0.15) is 0 Å². The summed E-state index contributed by atoms with van der Waals surface area (Å²) in [5, 5.41) is 2.99. The second-order valence-corrected chi connectivity index (χ2v) is 4.62. The molecular formula is C11H22ClNO. The number of halogens is 1. The monoisotopic (exact) mass is 219 g/mol. The van der Waals surface area contributed by atoms with Gasteiger partial charge in [-0.3, -0.25) is 4.79 Å². The van der Waals surface area contributed by atoms with Crippen LogP contribution in [-0.4, -0.2) is 17.8 Å². The molecule has 1 atom stereocenters. The maximum absolute atomic E-state index is 11.4. The molecule has 0 aromatic rings. The minimum Gasteiger partial charge on any atom is -0.354 e. The molecule has 0 radical (unpaired) electrons. The number of alkyl halides is 1. The molecule has 0 rings (SSSR count). The zero-order valence-electron chi connectivity index (χ0n) is 9.48. The van der Waals surface area contributed by atoms with E-state index in [-0.39, 0.29) is 5.91 Å². The van der Waals surface area contributed by atoms with Gasteiger partial charge in [0.25, 0.3) is 0 Å². The zero-order chi connectivity index (χ0) is 11.0. The molecule has 0 aliphatic heterocycles. The number of carbonyl (C=O) groups is 1. The molecule has 1 unspecified atom stereocenters. The number of hydrogen-bond acceptors (Lipinski definition) is 1. The van der Waals surface area contributed by atoms with E-state index in [1.807, 2.05) is 0 Å². The van der Waals surface area contributed by atoms with E-state index in [0.717, 1.165) is 19.3 Å². The molecule has 0 aliphatic rings. The average molecular weight is 220 g/mol. The van der Waals surface area contributed by atoms with Crippen LogP contribution in [-0.2, 0) is 4.79 Å². The first kappa shape index (κ1) is 13.8. The lowest BCUT2D eigenvalue weighted by atomic mass is 10.1. The Kier molecular flexibility index (Phi) is 7.96. The van der Waals surface area contributed by atoms with E-state index >= 15 is 0 Å². The van der Waals surface area contributed by atoms with Crippen molar-refractivity contribution in [3.8, 4) is 0 Å². The van der Waals surface area contributed by atoms with E-state index in [9.17, 15) is 4.79 Å². The average Bonchev–Trinajstić information content (AvgIpc) is 2.02. The van der Waals surface area contributed by atoms with Crippen LogP contribution in [0.2, 0.25) is 0 Å². The van der Waals surface area contributed by atoms with Crippen LogP contribution >= 0.6 is 11.6 Å². The molecule has 0 aromatic heterocycles. The van der Waals surface area contributed by atoms with Crippen molar-refractivity contribution in [1.29, 1.82) is 0 Å². The second-order valence-electron chi connectivity index (χ2n) is 4.24. The van der Waals surface area contributed by atoms with Crippen molar-refractivity contribution < 1.29 is 4.79 Å². The molecule has 0 spiro atoms. The van der Waals surface area contributed by atoms with Crippen molar-refractivity contribution in [2.24, 2.45) is 5.92 Å². The third kappa shape index (κ3) is 8.36. The molecule has 0 heterocycles. The lowest BCUT2D eigenvalue weighted by molar-refractivity contribution is -0.121. The first-order valence-corrected chi connectivity index (χ1v) is 5.95. The highest BCUT2D eigenvalue weighted by molar-refractivity contribution is 6.17. The predicted octanol–water partition coefficient (Wildman–Crippen LogP) is 2.95. The molecule has 0 saturated carbocycles. The summed E-state index contributed by atoms with van der Waals surface area (Å²) in [5.74, 6) is 1.44. The smallest absolute Gasteiger partial charge is 0.220 e. The van der Waals surface area contributed by atoms with Crippen molar-refractivity contribution >= 4 is 17.5 Å². The predicted molar refractivity (Wildman–Crippen MR) is 61.6 cm³/mol. The molecule has 3 heteroatoms. The second kappa shape index (κ2) is 8.10. The number of hydrogen-bond donors (Lipinski definition) is 1. The summed E-state index contributed by atoms with van der Waals surface area (Å²) in [6.45, 7) is 6.38. The van der Waals surface area contributed by atoms with Gasteiger partial charge in [-0.05, 0) is 32.1 Å². The molecule has 0 aromatic carbocycles. The first-order chi connectivity index (χ1) is 6.56. The van der Waals surface area contributed by atoms with Gasteiger partial charge >= 0.3 is 0 Å². The number of amides is 1. The van der Waals surface area contributed by atoms with E-state index in [1.54, 1.807) is 0 Å². The van der Waals surface area contributed by atoms with E-state index < -0.39 is 0 Å². The quantitative estimate of drug-likeness (QED) is 0.518. The molecule has 0 fully saturated rings. The third-order valence-corrected chi connectivity index (χ3v) is 2.29. The van der Waals surface area contributed by atoms with Gasteiger partial charge in [0.05, 0.1) is 0 Å². The lowest BCUT2D eigenvalue weighted by Crippen LogP contribution is -2.33. The topological polar surface area (TPSA) is 29.1 Å². The SMILES string of the molecule is CC(C)CC(C)NC(=O)CCCCCl. The standard InChI is InChI=1S/C11H22ClNO/c1-9(2)8-10(3)13-11(14)6-4-5-7-12/h9-10H,4-8H2,1-3H3,(H,13,14). The van der Waals surface area contributed by atoms with E-state index in [2.05, 4.69) is 26.1 Å². The van der Waals surface area contributed by atoms with Gasteiger partial charge < -0.3 is 5.32 Å². The Bertz CT molecular complexity index is 159. The number of nitrogens with one attached hydrogen (secondary N) is 1. The summed E-state index contributed by atoms with van der Waals surface area (Å²) in [6, 6.07) is 0.290. The maximum atomic E-state index is 11.4. The van der Waals surface area contributed by atoms with E-state index in [0.29, 0.717) is 24.3 Å². The van der Waals surface area contributed by atoms with Crippen molar-refractivity contribution in [3.63, 3.8) is 0 Å². The van der Waals surface area contributed by atoms with E-state index in [1.165, 1.54) is 0 Å². The fraction of sp³-hybridized carbons (Fsp3) is 0.909. The summed E-state index contributed by atoms with van der Waals surface area (Å²) < 4.78 is 0. The number of unbranched alkanes of at least 4 members (excludes halogenated alkanes) is 1. The Labute approximate surface area is 92.4 Å². The van der Waals surface area contributed by atoms with Crippen LogP contribution in [0.25, 0.3) is 0 Å². The highest BCUT2D eigenvalue weighted by Crippen LogP contribution is 2.04. The van der Waals surface area contributed by atoms with Gasteiger partial charge in [0.15, 0.2) is 0 Å². The Morgan fingerprint density at radius 1 is 1.29 bits per heavy atom. The van der Waals surface area contributed by atoms with Crippen LogP contribution in [0.4, 0.5) is 0 Å². The molecular weight excluding hydrogens is 198 g/mol. The molecule has 2 nitrogen and oxygen atoms in total. The van der Waals surface area contributed by atoms with Crippen LogP contribution in [0.5, 0.6) is 0 Å². The Hall–Kier alpha value is -0.240. The number of rotatable bonds is 7. The van der Waals surface area contributed by atoms with Gasteiger partial charge in [-0.25, -0.2) is 0 Å². The summed E-state index contributed by atoms with van der Waals surface area (Å²) >= 11 is 5.53. The van der Waals surface area contributed by atoms with Gasteiger partial charge in [0.2, 0.25) is 5.91 Å². The Morgan fingerprint density at radius 2 is 1.93 bits per heavy atom. The minimum absolute atomic E-state index is 0.156. The minimum atomic E-state index is 0.156. The van der Waals surface area contributed by atoms with Crippen LogP contribution < -0.4 is 5.32 Å². The summed E-state index contributed by atoms with van der Waals surface area (Å²) in [6.07, 6.45) is 3.47. The fourth-order valence-electron chi connectivity index (χ4n) is 1.49. The molecule has 0 bridgehead atoms. The Morgan fingerprint density at radius 3 is 2.43 bits per heavy atom. The van der Waals surface area contributed by atoms with E-state index in [4.69, 9.17) is 11.6 Å². The maximum Gasteiger partial charge on any atom is 0.220 e. The molecule has 84 valence electrons. The molecule has 1 N–H and O–H groups in total. The van der Waals surface area contributed by atoms with Crippen molar-refractivity contribution in [2.75, 3.05) is 5.88 Å². The number of carbonyl (C=O) groups excluding carboxylic acids is 1. The summed E-state index contributed by atoms with van der Waals surface area (Å²) in [4.78, 5) is 11.4. The summed E-state index contributed by atoms with van der Waals surface area (Å²) in [5.41, 5.74) is 0. The van der Waals surface area contributed by atoms with Crippen molar-refractivity contribution in [2.45, 2.75) is 52.5 Å². The molecule has 0 aliphatic carbocycles. The fourth-order valence-corrected chi connectivity index (χ4v) is 1.68. The Balaban J connectivity index is 3.50. The van der Waals surface area contributed by atoms with Gasteiger partial charge in [-0.15, -0.1) is 11.6 Å².